The van der Waals surface area contributed by atoms with Crippen molar-refractivity contribution in [1.29, 1.82) is 0 Å². The average Bonchev–Trinajstić information content (AvgIpc) is 3.37. The van der Waals surface area contributed by atoms with E-state index >= 15 is 0 Å². The maximum Gasteiger partial charge on any atom is 0.242 e. The molecule has 0 radical (unpaired) electrons. The van der Waals surface area contributed by atoms with Gasteiger partial charge in [0.1, 0.15) is 6.04 Å². The molecule has 0 aliphatic carbocycles. The van der Waals surface area contributed by atoms with Crippen LogP contribution in [0.15, 0.2) is 47.8 Å². The number of hydrogen-bond acceptors (Lipinski definition) is 4. The van der Waals surface area contributed by atoms with Gasteiger partial charge < -0.3 is 10.6 Å². The Hall–Kier alpha value is -2.18. The van der Waals surface area contributed by atoms with Crippen LogP contribution in [0, 0.1) is 5.41 Å². The molecule has 2 aliphatic rings. The number of nitrogens with one attached hydrogen (secondary N) is 2. The molecular formula is C20H23N3O2S. The molecule has 2 atom stereocenters. The Labute approximate surface area is 157 Å². The molecule has 1 aromatic carbocycles. The molecule has 26 heavy (non-hydrogen) atoms. The number of benzene rings is 1. The van der Waals surface area contributed by atoms with Crippen LogP contribution in [0.2, 0.25) is 0 Å². The Balaban J connectivity index is 1.34. The highest BCUT2D eigenvalue weighted by Crippen LogP contribution is 2.40. The van der Waals surface area contributed by atoms with Gasteiger partial charge in [-0.1, -0.05) is 36.4 Å². The Morgan fingerprint density at radius 1 is 1.27 bits per heavy atom. The molecule has 2 amide bonds. The molecule has 5 nitrogen and oxygen atoms in total. The first kappa shape index (κ1) is 17.2. The summed E-state index contributed by atoms with van der Waals surface area (Å²) in [5, 5.41) is 7.87. The predicted octanol–water partition coefficient (Wildman–Crippen LogP) is 2.15. The molecule has 2 N–H and O–H groups in total. The topological polar surface area (TPSA) is 61.4 Å². The van der Waals surface area contributed by atoms with Crippen molar-refractivity contribution in [2.45, 2.75) is 32.0 Å². The number of likely N-dealkylation sites (tertiary alicyclic amines) is 1. The van der Waals surface area contributed by atoms with Gasteiger partial charge in [-0.05, 0) is 36.4 Å². The molecule has 6 heteroatoms. The van der Waals surface area contributed by atoms with Crippen LogP contribution in [0.5, 0.6) is 0 Å². The summed E-state index contributed by atoms with van der Waals surface area (Å²) in [6.45, 7) is 3.00. The van der Waals surface area contributed by atoms with Crippen molar-refractivity contribution < 1.29 is 9.59 Å². The van der Waals surface area contributed by atoms with Crippen molar-refractivity contribution in [1.82, 2.24) is 15.5 Å². The van der Waals surface area contributed by atoms with Crippen LogP contribution in [0.4, 0.5) is 0 Å². The highest BCUT2D eigenvalue weighted by molar-refractivity contribution is 7.09. The van der Waals surface area contributed by atoms with Crippen molar-refractivity contribution in [2.75, 3.05) is 13.1 Å². The van der Waals surface area contributed by atoms with E-state index in [-0.39, 0.29) is 11.8 Å². The molecule has 2 saturated heterocycles. The second-order valence-electron chi connectivity index (χ2n) is 7.25. The molecule has 1 aromatic heterocycles. The highest BCUT2D eigenvalue weighted by Gasteiger charge is 2.52. The standard InChI is InChI=1S/C20H23N3O2S/c24-18(21-12-16-7-4-10-26-16)17-11-20(19(25)22-17)8-9-23(14-20)13-15-5-2-1-3-6-15/h1-7,10,17H,8-9,11-14H2,(H,21,24)(H,22,25)/t17-,20-/m0/s1. The van der Waals surface area contributed by atoms with Crippen LogP contribution in [-0.2, 0) is 22.7 Å². The molecule has 0 saturated carbocycles. The van der Waals surface area contributed by atoms with Gasteiger partial charge in [0.2, 0.25) is 11.8 Å². The maximum absolute atomic E-state index is 12.6. The number of nitrogens with zero attached hydrogens (tertiary/aromatic N) is 1. The van der Waals surface area contributed by atoms with Crippen molar-refractivity contribution in [3.05, 3.63) is 58.3 Å². The summed E-state index contributed by atoms with van der Waals surface area (Å²) < 4.78 is 0. The number of hydrogen-bond donors (Lipinski definition) is 2. The summed E-state index contributed by atoms with van der Waals surface area (Å²) in [5.74, 6) is -0.0468. The SMILES string of the molecule is O=C(NCc1cccs1)[C@@H]1C[C@]2(CCN(Cc3ccccc3)C2)C(=O)N1. The smallest absolute Gasteiger partial charge is 0.242 e. The summed E-state index contributed by atoms with van der Waals surface area (Å²) in [6.07, 6.45) is 1.41. The zero-order chi connectivity index (χ0) is 18.0. The first-order valence-corrected chi connectivity index (χ1v) is 9.90. The molecular weight excluding hydrogens is 346 g/mol. The van der Waals surface area contributed by atoms with E-state index in [0.29, 0.717) is 13.0 Å². The molecule has 2 aliphatic heterocycles. The lowest BCUT2D eigenvalue weighted by molar-refractivity contribution is -0.128. The van der Waals surface area contributed by atoms with E-state index in [1.54, 1.807) is 11.3 Å². The van der Waals surface area contributed by atoms with E-state index in [1.165, 1.54) is 5.56 Å². The van der Waals surface area contributed by atoms with E-state index < -0.39 is 11.5 Å². The first-order valence-electron chi connectivity index (χ1n) is 9.02. The Bertz CT molecular complexity index is 778. The summed E-state index contributed by atoms with van der Waals surface area (Å²) in [5.41, 5.74) is 0.841. The van der Waals surface area contributed by atoms with Gasteiger partial charge in [0.05, 0.1) is 12.0 Å². The molecule has 2 aromatic rings. The molecule has 4 rings (SSSR count). The summed E-state index contributed by atoms with van der Waals surface area (Å²) in [4.78, 5) is 28.5. The molecule has 3 heterocycles. The third-order valence-electron chi connectivity index (χ3n) is 5.40. The second-order valence-corrected chi connectivity index (χ2v) is 8.29. The van der Waals surface area contributed by atoms with Crippen LogP contribution >= 0.6 is 11.3 Å². The van der Waals surface area contributed by atoms with E-state index in [4.69, 9.17) is 0 Å². The monoisotopic (exact) mass is 369 g/mol. The Kier molecular flexibility index (Phi) is 4.78. The lowest BCUT2D eigenvalue weighted by Gasteiger charge is -2.21. The third-order valence-corrected chi connectivity index (χ3v) is 6.27. The Morgan fingerprint density at radius 3 is 2.88 bits per heavy atom. The largest absolute Gasteiger partial charge is 0.349 e. The van der Waals surface area contributed by atoms with Gasteiger partial charge in [-0.2, -0.15) is 0 Å². The van der Waals surface area contributed by atoms with Gasteiger partial charge in [-0.3, -0.25) is 14.5 Å². The van der Waals surface area contributed by atoms with Crippen molar-refractivity contribution >= 4 is 23.2 Å². The van der Waals surface area contributed by atoms with Gasteiger partial charge >= 0.3 is 0 Å². The zero-order valence-corrected chi connectivity index (χ0v) is 15.4. The minimum Gasteiger partial charge on any atom is -0.349 e. The van der Waals surface area contributed by atoms with E-state index in [9.17, 15) is 9.59 Å². The molecule has 136 valence electrons. The van der Waals surface area contributed by atoms with E-state index in [0.717, 1.165) is 30.9 Å². The normalized spacial score (nSPS) is 25.5. The van der Waals surface area contributed by atoms with Crippen LogP contribution < -0.4 is 10.6 Å². The minimum atomic E-state index is -0.417. The predicted molar refractivity (Wildman–Crippen MR) is 101 cm³/mol. The summed E-state index contributed by atoms with van der Waals surface area (Å²) in [7, 11) is 0. The Morgan fingerprint density at radius 2 is 2.12 bits per heavy atom. The number of rotatable bonds is 5. The summed E-state index contributed by atoms with van der Waals surface area (Å²) >= 11 is 1.62. The van der Waals surface area contributed by atoms with Crippen LogP contribution in [-0.4, -0.2) is 35.8 Å². The fraction of sp³-hybridized carbons (Fsp3) is 0.400. The van der Waals surface area contributed by atoms with Gasteiger partial charge in [-0.25, -0.2) is 0 Å². The number of thiophene rings is 1. The van der Waals surface area contributed by atoms with Crippen molar-refractivity contribution in [3.63, 3.8) is 0 Å². The van der Waals surface area contributed by atoms with Gasteiger partial charge in [0.15, 0.2) is 0 Å². The fourth-order valence-corrected chi connectivity index (χ4v) is 4.65. The van der Waals surface area contributed by atoms with Crippen LogP contribution in [0.25, 0.3) is 0 Å². The van der Waals surface area contributed by atoms with Gasteiger partial charge in [0.25, 0.3) is 0 Å². The van der Waals surface area contributed by atoms with Gasteiger partial charge in [-0.15, -0.1) is 11.3 Å². The molecule has 2 fully saturated rings. The lowest BCUT2D eigenvalue weighted by Crippen LogP contribution is -2.41. The van der Waals surface area contributed by atoms with E-state index in [2.05, 4.69) is 27.7 Å². The molecule has 0 bridgehead atoms. The maximum atomic E-state index is 12.6. The fourth-order valence-electron chi connectivity index (χ4n) is 4.00. The highest BCUT2D eigenvalue weighted by atomic mass is 32.1. The third kappa shape index (κ3) is 3.52. The summed E-state index contributed by atoms with van der Waals surface area (Å²) in [6, 6.07) is 13.9. The quantitative estimate of drug-likeness (QED) is 0.849. The molecule has 0 unspecified atom stereocenters. The number of carbonyl (C=O) groups excluding carboxylic acids is 2. The first-order chi connectivity index (χ1) is 12.6. The van der Waals surface area contributed by atoms with Crippen molar-refractivity contribution in [2.24, 2.45) is 5.41 Å². The van der Waals surface area contributed by atoms with Gasteiger partial charge in [0, 0.05) is 18.0 Å². The lowest BCUT2D eigenvalue weighted by atomic mass is 9.84. The van der Waals surface area contributed by atoms with Crippen molar-refractivity contribution in [3.8, 4) is 0 Å². The average molecular weight is 369 g/mol. The van der Waals surface area contributed by atoms with Crippen LogP contribution in [0.1, 0.15) is 23.3 Å². The number of carbonyl (C=O) groups is 2. The van der Waals surface area contributed by atoms with Crippen LogP contribution in [0.3, 0.4) is 0 Å². The van der Waals surface area contributed by atoms with E-state index in [1.807, 2.05) is 35.7 Å². The number of amides is 2. The zero-order valence-electron chi connectivity index (χ0n) is 14.6. The second kappa shape index (κ2) is 7.21. The molecule has 1 spiro atoms. The minimum absolute atomic E-state index is 0.0318.